The van der Waals surface area contributed by atoms with Crippen LogP contribution in [0.25, 0.3) is 11.3 Å². The number of hydrogen-bond donors (Lipinski definition) is 1. The smallest absolute Gasteiger partial charge is 0.255 e. The monoisotopic (exact) mass is 425 g/mol. The molecule has 30 heavy (non-hydrogen) atoms. The second-order valence-corrected chi connectivity index (χ2v) is 8.13. The van der Waals surface area contributed by atoms with Crippen LogP contribution in [-0.2, 0) is 20.9 Å². The number of rotatable bonds is 6. The Hall–Kier alpha value is -3.04. The van der Waals surface area contributed by atoms with Gasteiger partial charge in [-0.3, -0.25) is 9.59 Å². The fourth-order valence-electron chi connectivity index (χ4n) is 3.28. The quantitative estimate of drug-likeness (QED) is 0.656. The molecule has 0 aliphatic carbocycles. The van der Waals surface area contributed by atoms with Gasteiger partial charge in [-0.15, -0.1) is 11.3 Å². The molecule has 0 spiro atoms. The van der Waals surface area contributed by atoms with Gasteiger partial charge in [-0.2, -0.15) is 0 Å². The third kappa shape index (κ3) is 4.92. The van der Waals surface area contributed by atoms with Crippen LogP contribution in [0.3, 0.4) is 0 Å². The summed E-state index contributed by atoms with van der Waals surface area (Å²) in [7, 11) is 0. The van der Waals surface area contributed by atoms with E-state index in [1.165, 1.54) is 0 Å². The number of nitrogens with one attached hydrogen (secondary N) is 1. The maximum absolute atomic E-state index is 12.6. The van der Waals surface area contributed by atoms with Crippen molar-refractivity contribution in [2.75, 3.05) is 25.0 Å². The summed E-state index contributed by atoms with van der Waals surface area (Å²) in [5.41, 5.74) is 2.61. The molecule has 0 radical (unpaired) electrons. The maximum Gasteiger partial charge on any atom is 0.255 e. The molecule has 8 nitrogen and oxygen atoms in total. The molecule has 1 fully saturated rings. The number of aromatic nitrogens is 3. The summed E-state index contributed by atoms with van der Waals surface area (Å²) in [4.78, 5) is 35.3. The Kier molecular flexibility index (Phi) is 6.20. The molecule has 1 unspecified atom stereocenters. The molecule has 2 aromatic heterocycles. The van der Waals surface area contributed by atoms with Gasteiger partial charge in [0.25, 0.3) is 5.91 Å². The van der Waals surface area contributed by atoms with Crippen LogP contribution in [0.2, 0.25) is 0 Å². The SMILES string of the molecule is Cc1nc(-c2ccc(NC(=O)C3CN(C(=O)CCn4ccnc4)CCO3)cc2)cs1. The van der Waals surface area contributed by atoms with Gasteiger partial charge >= 0.3 is 0 Å². The van der Waals surface area contributed by atoms with Crippen LogP contribution >= 0.6 is 11.3 Å². The predicted octanol–water partition coefficient (Wildman–Crippen LogP) is 2.57. The van der Waals surface area contributed by atoms with E-state index in [0.29, 0.717) is 31.8 Å². The van der Waals surface area contributed by atoms with Crippen molar-refractivity contribution in [3.63, 3.8) is 0 Å². The Morgan fingerprint density at radius 1 is 1.30 bits per heavy atom. The number of thiazole rings is 1. The van der Waals surface area contributed by atoms with Gasteiger partial charge in [-0.25, -0.2) is 9.97 Å². The molecule has 0 saturated carbocycles. The highest BCUT2D eigenvalue weighted by Gasteiger charge is 2.29. The molecule has 1 saturated heterocycles. The minimum Gasteiger partial charge on any atom is -0.365 e. The fourth-order valence-corrected chi connectivity index (χ4v) is 3.90. The molecule has 1 N–H and O–H groups in total. The first-order valence-electron chi connectivity index (χ1n) is 9.77. The third-order valence-corrected chi connectivity index (χ3v) is 5.70. The van der Waals surface area contributed by atoms with Crippen LogP contribution in [0, 0.1) is 6.92 Å². The second kappa shape index (κ2) is 9.19. The van der Waals surface area contributed by atoms with Gasteiger partial charge in [-0.1, -0.05) is 12.1 Å². The molecule has 4 rings (SSSR count). The highest BCUT2D eigenvalue weighted by Crippen LogP contribution is 2.23. The first-order valence-corrected chi connectivity index (χ1v) is 10.6. The summed E-state index contributed by atoms with van der Waals surface area (Å²) >= 11 is 1.60. The number of imidazole rings is 1. The highest BCUT2D eigenvalue weighted by molar-refractivity contribution is 7.09. The van der Waals surface area contributed by atoms with Crippen molar-refractivity contribution in [1.29, 1.82) is 0 Å². The van der Waals surface area contributed by atoms with Crippen molar-refractivity contribution in [3.8, 4) is 11.3 Å². The summed E-state index contributed by atoms with van der Waals surface area (Å²) in [6.45, 7) is 3.63. The molecule has 9 heteroatoms. The van der Waals surface area contributed by atoms with Crippen LogP contribution in [-0.4, -0.2) is 57.0 Å². The van der Waals surface area contributed by atoms with E-state index in [1.54, 1.807) is 28.8 Å². The minimum atomic E-state index is -0.684. The van der Waals surface area contributed by atoms with E-state index >= 15 is 0 Å². The molecule has 0 bridgehead atoms. The third-order valence-electron chi connectivity index (χ3n) is 4.92. The van der Waals surface area contributed by atoms with Crippen molar-refractivity contribution < 1.29 is 14.3 Å². The van der Waals surface area contributed by atoms with Crippen LogP contribution in [0.4, 0.5) is 5.69 Å². The van der Waals surface area contributed by atoms with Gasteiger partial charge in [0.15, 0.2) is 6.10 Å². The number of carbonyl (C=O) groups is 2. The number of carbonyl (C=O) groups excluding carboxylic acids is 2. The standard InChI is InChI=1S/C21H23N5O3S/c1-15-23-18(13-30-15)16-2-4-17(5-3-16)24-21(28)19-12-26(10-11-29-19)20(27)6-8-25-9-7-22-14-25/h2-5,7,9,13-14,19H,6,8,10-12H2,1H3,(H,24,28). The molecular formula is C21H23N5O3S. The Bertz CT molecular complexity index is 1000. The number of anilines is 1. The van der Waals surface area contributed by atoms with E-state index in [0.717, 1.165) is 16.3 Å². The number of amides is 2. The van der Waals surface area contributed by atoms with E-state index in [-0.39, 0.29) is 18.4 Å². The lowest BCUT2D eigenvalue weighted by atomic mass is 10.1. The average Bonchev–Trinajstić information content (AvgIpc) is 3.44. The average molecular weight is 426 g/mol. The van der Waals surface area contributed by atoms with Gasteiger partial charge < -0.3 is 19.5 Å². The van der Waals surface area contributed by atoms with E-state index in [2.05, 4.69) is 15.3 Å². The molecule has 1 aliphatic rings. The molecule has 3 aromatic rings. The zero-order valence-electron chi connectivity index (χ0n) is 16.7. The van der Waals surface area contributed by atoms with Gasteiger partial charge in [0.05, 0.1) is 30.2 Å². The minimum absolute atomic E-state index is 0.00714. The van der Waals surface area contributed by atoms with Crippen molar-refractivity contribution in [2.45, 2.75) is 26.0 Å². The van der Waals surface area contributed by atoms with E-state index < -0.39 is 6.10 Å². The number of morpholine rings is 1. The number of nitrogens with zero attached hydrogens (tertiary/aromatic N) is 4. The lowest BCUT2D eigenvalue weighted by Crippen LogP contribution is -2.50. The molecule has 3 heterocycles. The lowest BCUT2D eigenvalue weighted by Gasteiger charge is -2.32. The van der Waals surface area contributed by atoms with Crippen LogP contribution in [0.1, 0.15) is 11.4 Å². The van der Waals surface area contributed by atoms with Crippen molar-refractivity contribution in [1.82, 2.24) is 19.4 Å². The molecule has 156 valence electrons. The molecule has 1 aromatic carbocycles. The van der Waals surface area contributed by atoms with Crippen molar-refractivity contribution in [3.05, 3.63) is 53.4 Å². The number of benzene rings is 1. The highest BCUT2D eigenvalue weighted by atomic mass is 32.1. The molecule has 1 aliphatic heterocycles. The molecule has 2 amide bonds. The van der Waals surface area contributed by atoms with Gasteiger partial charge in [-0.05, 0) is 19.1 Å². The zero-order chi connectivity index (χ0) is 20.9. The lowest BCUT2D eigenvalue weighted by molar-refractivity contribution is -0.144. The van der Waals surface area contributed by atoms with Crippen molar-refractivity contribution >= 4 is 28.8 Å². The predicted molar refractivity (Wildman–Crippen MR) is 114 cm³/mol. The van der Waals surface area contributed by atoms with Crippen LogP contribution in [0.5, 0.6) is 0 Å². The topological polar surface area (TPSA) is 89.4 Å². The normalized spacial score (nSPS) is 16.4. The van der Waals surface area contributed by atoms with Gasteiger partial charge in [0.1, 0.15) is 0 Å². The second-order valence-electron chi connectivity index (χ2n) is 7.07. The van der Waals surface area contributed by atoms with E-state index in [4.69, 9.17) is 4.74 Å². The number of ether oxygens (including phenoxy) is 1. The summed E-state index contributed by atoms with van der Waals surface area (Å²) in [5.74, 6) is -0.243. The maximum atomic E-state index is 12.6. The Balaban J connectivity index is 1.31. The first-order chi connectivity index (χ1) is 14.6. The van der Waals surface area contributed by atoms with Crippen molar-refractivity contribution in [2.24, 2.45) is 0 Å². The summed E-state index contributed by atoms with van der Waals surface area (Å²) < 4.78 is 7.47. The zero-order valence-corrected chi connectivity index (χ0v) is 17.5. The van der Waals surface area contributed by atoms with Gasteiger partial charge in [0.2, 0.25) is 5.91 Å². The van der Waals surface area contributed by atoms with E-state index in [9.17, 15) is 9.59 Å². The fraction of sp³-hybridized carbons (Fsp3) is 0.333. The largest absolute Gasteiger partial charge is 0.365 e. The Morgan fingerprint density at radius 3 is 2.83 bits per heavy atom. The molecule has 1 atom stereocenters. The summed E-state index contributed by atoms with van der Waals surface area (Å²) in [6.07, 6.45) is 4.87. The summed E-state index contributed by atoms with van der Waals surface area (Å²) in [6, 6.07) is 7.55. The van der Waals surface area contributed by atoms with Crippen LogP contribution in [0.15, 0.2) is 48.4 Å². The summed E-state index contributed by atoms with van der Waals surface area (Å²) in [5, 5.41) is 5.90. The Labute approximate surface area is 178 Å². The van der Waals surface area contributed by atoms with E-state index in [1.807, 2.05) is 47.3 Å². The number of aryl methyl sites for hydroxylation is 2. The van der Waals surface area contributed by atoms with Gasteiger partial charge in [0, 0.05) is 48.5 Å². The Morgan fingerprint density at radius 2 is 2.13 bits per heavy atom. The first kappa shape index (κ1) is 20.2. The number of hydrogen-bond acceptors (Lipinski definition) is 6. The molecular weight excluding hydrogens is 402 g/mol. The van der Waals surface area contributed by atoms with Crippen LogP contribution < -0.4 is 5.32 Å².